The van der Waals surface area contributed by atoms with Crippen LogP contribution in [-0.4, -0.2) is 39.7 Å². The Hall–Kier alpha value is -2.47. The zero-order valence-corrected chi connectivity index (χ0v) is 17.7. The lowest BCUT2D eigenvalue weighted by molar-refractivity contribution is -0.129. The van der Waals surface area contributed by atoms with Crippen LogP contribution in [0, 0.1) is 0 Å². The Morgan fingerprint density at radius 1 is 1.28 bits per heavy atom. The number of rotatable bonds is 7. The van der Waals surface area contributed by atoms with Crippen molar-refractivity contribution in [2.45, 2.75) is 38.0 Å². The van der Waals surface area contributed by atoms with Gasteiger partial charge in [0.05, 0.1) is 34.7 Å². The van der Waals surface area contributed by atoms with Crippen LogP contribution in [0.2, 0.25) is 0 Å². The van der Waals surface area contributed by atoms with Gasteiger partial charge in [0.2, 0.25) is 5.91 Å². The maximum atomic E-state index is 13.0. The van der Waals surface area contributed by atoms with Crippen molar-refractivity contribution in [3.8, 4) is 5.75 Å². The van der Waals surface area contributed by atoms with Crippen LogP contribution in [0.5, 0.6) is 5.75 Å². The quantitative estimate of drug-likeness (QED) is 0.588. The molecule has 5 nitrogen and oxygen atoms in total. The van der Waals surface area contributed by atoms with Gasteiger partial charge >= 0.3 is 0 Å². The van der Waals surface area contributed by atoms with Crippen LogP contribution in [0.1, 0.15) is 49.4 Å². The highest BCUT2D eigenvalue weighted by Gasteiger charge is 2.30. The number of nitrogens with zero attached hydrogens (tertiary/aromatic N) is 2. The number of aromatic nitrogens is 2. The van der Waals surface area contributed by atoms with Crippen molar-refractivity contribution < 1.29 is 9.53 Å². The Kier molecular flexibility index (Phi) is 6.09. The van der Waals surface area contributed by atoms with Gasteiger partial charge in [-0.1, -0.05) is 24.3 Å². The number of amides is 1. The first-order valence-electron chi connectivity index (χ1n) is 10.2. The van der Waals surface area contributed by atoms with Crippen molar-refractivity contribution in [3.63, 3.8) is 0 Å². The summed E-state index contributed by atoms with van der Waals surface area (Å²) in [7, 11) is 0. The van der Waals surface area contributed by atoms with Gasteiger partial charge in [-0.25, -0.2) is 4.98 Å². The molecule has 2 heterocycles. The van der Waals surface area contributed by atoms with Gasteiger partial charge < -0.3 is 14.6 Å². The summed E-state index contributed by atoms with van der Waals surface area (Å²) in [5.74, 6) is 2.47. The minimum atomic E-state index is 0.137. The van der Waals surface area contributed by atoms with E-state index in [2.05, 4.69) is 29.0 Å². The highest BCUT2D eigenvalue weighted by molar-refractivity contribution is 8.00. The van der Waals surface area contributed by atoms with Gasteiger partial charge in [0.15, 0.2) is 0 Å². The molecule has 0 spiro atoms. The normalized spacial score (nSPS) is 17.6. The third-order valence-electron chi connectivity index (χ3n) is 5.40. The molecule has 2 unspecified atom stereocenters. The number of nitrogens with one attached hydrogen (secondary N) is 1. The highest BCUT2D eigenvalue weighted by atomic mass is 32.2. The SMILES string of the molecule is CCOc1ccc(C2CCCN2C(=O)CSC(C)c2nc3ccccc3[nH]2)cc1. The van der Waals surface area contributed by atoms with E-state index >= 15 is 0 Å². The van der Waals surface area contributed by atoms with Crippen LogP contribution in [0.4, 0.5) is 0 Å². The number of hydrogen-bond donors (Lipinski definition) is 1. The van der Waals surface area contributed by atoms with Gasteiger partial charge in [0.1, 0.15) is 11.6 Å². The van der Waals surface area contributed by atoms with Gasteiger partial charge in [-0.05, 0) is 56.5 Å². The lowest BCUT2D eigenvalue weighted by Gasteiger charge is -2.25. The molecule has 2 atom stereocenters. The Morgan fingerprint density at radius 2 is 2.07 bits per heavy atom. The van der Waals surface area contributed by atoms with Crippen LogP contribution < -0.4 is 4.74 Å². The molecule has 1 N–H and O–H groups in total. The highest BCUT2D eigenvalue weighted by Crippen LogP contribution is 2.34. The van der Waals surface area contributed by atoms with E-state index in [0.29, 0.717) is 12.4 Å². The van der Waals surface area contributed by atoms with E-state index in [4.69, 9.17) is 4.74 Å². The van der Waals surface area contributed by atoms with Gasteiger partial charge in [-0.2, -0.15) is 0 Å². The van der Waals surface area contributed by atoms with Crippen molar-refractivity contribution in [2.75, 3.05) is 18.9 Å². The standard InChI is InChI=1S/C23H27N3O2S/c1-3-28-18-12-10-17(11-13-18)21-9-6-14-26(21)22(27)15-29-16(2)23-24-19-7-4-5-8-20(19)25-23/h4-5,7-8,10-13,16,21H,3,6,9,14-15H2,1-2H3,(H,24,25). The fourth-order valence-corrected chi connectivity index (χ4v) is 4.72. The average Bonchev–Trinajstić information content (AvgIpc) is 3.40. The monoisotopic (exact) mass is 409 g/mol. The van der Waals surface area contributed by atoms with E-state index < -0.39 is 0 Å². The van der Waals surface area contributed by atoms with Crippen LogP contribution in [0.25, 0.3) is 11.0 Å². The molecule has 0 bridgehead atoms. The first-order valence-corrected chi connectivity index (χ1v) is 11.3. The van der Waals surface area contributed by atoms with E-state index in [1.54, 1.807) is 11.8 Å². The number of benzene rings is 2. The van der Waals surface area contributed by atoms with Crippen molar-refractivity contribution >= 4 is 28.7 Å². The molecule has 0 aliphatic carbocycles. The number of aromatic amines is 1. The summed E-state index contributed by atoms with van der Waals surface area (Å²) in [6.07, 6.45) is 2.07. The van der Waals surface area contributed by atoms with Gasteiger partial charge in [-0.15, -0.1) is 11.8 Å². The van der Waals surface area contributed by atoms with Crippen LogP contribution in [0.15, 0.2) is 48.5 Å². The number of para-hydroxylation sites is 2. The lowest BCUT2D eigenvalue weighted by Crippen LogP contribution is -2.32. The number of H-pyrrole nitrogens is 1. The average molecular weight is 410 g/mol. The summed E-state index contributed by atoms with van der Waals surface area (Å²) in [4.78, 5) is 23.0. The molecular formula is C23H27N3O2S. The third kappa shape index (κ3) is 4.42. The second kappa shape index (κ2) is 8.91. The van der Waals surface area contributed by atoms with E-state index in [0.717, 1.165) is 42.0 Å². The summed E-state index contributed by atoms with van der Waals surface area (Å²) in [6.45, 7) is 5.57. The van der Waals surface area contributed by atoms with Gasteiger partial charge in [0, 0.05) is 6.54 Å². The van der Waals surface area contributed by atoms with Crippen molar-refractivity contribution in [3.05, 3.63) is 59.9 Å². The number of thioether (sulfide) groups is 1. The maximum Gasteiger partial charge on any atom is 0.233 e. The van der Waals surface area contributed by atoms with Crippen molar-refractivity contribution in [2.24, 2.45) is 0 Å². The molecule has 152 valence electrons. The lowest BCUT2D eigenvalue weighted by atomic mass is 10.0. The molecule has 29 heavy (non-hydrogen) atoms. The minimum absolute atomic E-state index is 0.137. The van der Waals surface area contributed by atoms with Crippen molar-refractivity contribution in [1.82, 2.24) is 14.9 Å². The third-order valence-corrected chi connectivity index (χ3v) is 6.54. The number of carbonyl (C=O) groups is 1. The first kappa shape index (κ1) is 19.8. The minimum Gasteiger partial charge on any atom is -0.494 e. The Morgan fingerprint density at radius 3 is 2.83 bits per heavy atom. The second-order valence-electron chi connectivity index (χ2n) is 7.34. The molecule has 2 aromatic carbocycles. The van der Waals surface area contributed by atoms with E-state index in [1.807, 2.05) is 48.2 Å². The molecule has 1 fully saturated rings. The molecule has 1 amide bonds. The first-order chi connectivity index (χ1) is 14.2. The number of imidazole rings is 1. The number of likely N-dealkylation sites (tertiary alicyclic amines) is 1. The second-order valence-corrected chi connectivity index (χ2v) is 8.67. The van der Waals surface area contributed by atoms with E-state index in [9.17, 15) is 4.79 Å². The molecule has 1 aliphatic rings. The molecule has 1 saturated heterocycles. The summed E-state index contributed by atoms with van der Waals surface area (Å²) in [5, 5.41) is 0.137. The number of fused-ring (bicyclic) bond motifs is 1. The summed E-state index contributed by atoms with van der Waals surface area (Å²) in [5.41, 5.74) is 3.20. The molecule has 3 aromatic rings. The summed E-state index contributed by atoms with van der Waals surface area (Å²) in [6, 6.07) is 16.4. The predicted octanol–water partition coefficient (Wildman–Crippen LogP) is 5.12. The molecule has 0 saturated carbocycles. The molecule has 4 rings (SSSR count). The Labute approximate surface area is 175 Å². The molecule has 0 radical (unpaired) electrons. The zero-order valence-electron chi connectivity index (χ0n) is 16.9. The van der Waals surface area contributed by atoms with Crippen LogP contribution >= 0.6 is 11.8 Å². The molecule has 1 aromatic heterocycles. The fourth-order valence-electron chi connectivity index (χ4n) is 3.89. The predicted molar refractivity (Wildman–Crippen MR) is 118 cm³/mol. The van der Waals surface area contributed by atoms with Gasteiger partial charge in [0.25, 0.3) is 0 Å². The summed E-state index contributed by atoms with van der Waals surface area (Å²) >= 11 is 1.64. The fraction of sp³-hybridized carbons (Fsp3) is 0.391. The van der Waals surface area contributed by atoms with Gasteiger partial charge in [-0.3, -0.25) is 4.79 Å². The largest absolute Gasteiger partial charge is 0.494 e. The van der Waals surface area contributed by atoms with Crippen molar-refractivity contribution in [1.29, 1.82) is 0 Å². The van der Waals surface area contributed by atoms with E-state index in [-0.39, 0.29) is 17.2 Å². The van der Waals surface area contributed by atoms with Crippen LogP contribution in [0.3, 0.4) is 0 Å². The number of ether oxygens (including phenoxy) is 1. The van der Waals surface area contributed by atoms with E-state index in [1.165, 1.54) is 5.56 Å². The maximum absolute atomic E-state index is 13.0. The Balaban J connectivity index is 1.38. The topological polar surface area (TPSA) is 58.2 Å². The smallest absolute Gasteiger partial charge is 0.233 e. The number of carbonyl (C=O) groups excluding carboxylic acids is 1. The Bertz CT molecular complexity index is 937. The molecule has 1 aliphatic heterocycles. The zero-order chi connectivity index (χ0) is 20.2. The molecule has 6 heteroatoms. The van der Waals surface area contributed by atoms with Crippen LogP contribution in [-0.2, 0) is 4.79 Å². The molecular weight excluding hydrogens is 382 g/mol. The number of hydrogen-bond acceptors (Lipinski definition) is 4. The summed E-state index contributed by atoms with van der Waals surface area (Å²) < 4.78 is 5.53.